The first-order valence-corrected chi connectivity index (χ1v) is 9.67. The van der Waals surface area contributed by atoms with Crippen LogP contribution >= 0.6 is 0 Å². The standard InChI is InChI=1S/C20H17F3N6O4/c21-20(22,23)16-13(9-28(27-16)6-5-14(30)31)11-1-3-12(4-2-11)29-7-8-33-18-15(19(29)32)17(24)25-10-26-18/h1-4,9-10H,5-8H2,(H,30,31)(H2,24,25,26). The first-order valence-electron chi connectivity index (χ1n) is 9.67. The minimum absolute atomic E-state index is 0.0122. The highest BCUT2D eigenvalue weighted by atomic mass is 19.4. The molecule has 4 rings (SSSR count). The molecule has 13 heteroatoms. The van der Waals surface area contributed by atoms with Gasteiger partial charge in [0, 0.05) is 17.4 Å². The van der Waals surface area contributed by atoms with E-state index in [-0.39, 0.29) is 54.5 Å². The highest BCUT2D eigenvalue weighted by Crippen LogP contribution is 2.37. The molecule has 0 atom stereocenters. The third kappa shape index (κ3) is 4.42. The Bertz CT molecular complexity index is 1210. The SMILES string of the molecule is Nc1ncnc2c1C(=O)N(c1ccc(-c3cn(CCC(=O)O)nc3C(F)(F)F)cc1)CCO2. The molecule has 1 aromatic carbocycles. The number of nitrogen functional groups attached to an aromatic ring is 1. The lowest BCUT2D eigenvalue weighted by atomic mass is 10.1. The molecule has 1 amide bonds. The van der Waals surface area contributed by atoms with Crippen LogP contribution in [0.15, 0.2) is 36.8 Å². The number of nitrogens with zero attached hydrogens (tertiary/aromatic N) is 5. The first kappa shape index (κ1) is 22.0. The zero-order valence-electron chi connectivity index (χ0n) is 16.9. The van der Waals surface area contributed by atoms with Crippen LogP contribution in [0, 0.1) is 0 Å². The first-order chi connectivity index (χ1) is 15.6. The Morgan fingerprint density at radius 3 is 2.61 bits per heavy atom. The minimum atomic E-state index is -4.73. The van der Waals surface area contributed by atoms with Gasteiger partial charge in [-0.05, 0) is 17.7 Å². The fourth-order valence-corrected chi connectivity index (χ4v) is 3.40. The monoisotopic (exact) mass is 462 g/mol. The van der Waals surface area contributed by atoms with E-state index >= 15 is 0 Å². The number of aromatic nitrogens is 4. The molecule has 0 unspecified atom stereocenters. The molecule has 0 fully saturated rings. The number of carbonyl (C=O) groups is 2. The highest BCUT2D eigenvalue weighted by Gasteiger charge is 2.37. The van der Waals surface area contributed by atoms with Gasteiger partial charge in [0.05, 0.1) is 19.5 Å². The average molecular weight is 462 g/mol. The second-order valence-electron chi connectivity index (χ2n) is 7.09. The van der Waals surface area contributed by atoms with Gasteiger partial charge in [0.2, 0.25) is 5.88 Å². The molecule has 1 aliphatic heterocycles. The Balaban J connectivity index is 1.66. The number of benzene rings is 1. The van der Waals surface area contributed by atoms with Crippen LogP contribution in [0.3, 0.4) is 0 Å². The van der Waals surface area contributed by atoms with Crippen LogP contribution in [0.4, 0.5) is 24.7 Å². The van der Waals surface area contributed by atoms with Crippen LogP contribution < -0.4 is 15.4 Å². The van der Waals surface area contributed by atoms with E-state index in [1.165, 1.54) is 35.5 Å². The van der Waals surface area contributed by atoms with Crippen molar-refractivity contribution in [1.29, 1.82) is 0 Å². The Hall–Kier alpha value is -4.16. The molecule has 0 saturated heterocycles. The molecular formula is C20H17F3N6O4. The van der Waals surface area contributed by atoms with E-state index in [4.69, 9.17) is 15.6 Å². The maximum Gasteiger partial charge on any atom is 0.435 e. The van der Waals surface area contributed by atoms with Crippen molar-refractivity contribution in [3.8, 4) is 17.0 Å². The summed E-state index contributed by atoms with van der Waals surface area (Å²) in [5.74, 6) is -1.62. The molecular weight excluding hydrogens is 445 g/mol. The number of alkyl halides is 3. The Kier molecular flexibility index (Phi) is 5.62. The van der Waals surface area contributed by atoms with Crippen molar-refractivity contribution < 1.29 is 32.6 Å². The van der Waals surface area contributed by atoms with Crippen molar-refractivity contribution in [2.45, 2.75) is 19.1 Å². The summed E-state index contributed by atoms with van der Waals surface area (Å²) in [5, 5.41) is 12.3. The zero-order valence-corrected chi connectivity index (χ0v) is 16.9. The number of hydrogen-bond acceptors (Lipinski definition) is 7. The molecule has 1 aliphatic rings. The maximum atomic E-state index is 13.5. The molecule has 172 valence electrons. The second-order valence-corrected chi connectivity index (χ2v) is 7.09. The summed E-state index contributed by atoms with van der Waals surface area (Å²) in [6.07, 6.45) is -2.77. The number of hydrogen-bond donors (Lipinski definition) is 2. The van der Waals surface area contributed by atoms with Gasteiger partial charge < -0.3 is 20.5 Å². The van der Waals surface area contributed by atoms with Crippen LogP contribution in [0.5, 0.6) is 5.88 Å². The third-order valence-corrected chi connectivity index (χ3v) is 4.93. The lowest BCUT2D eigenvalue weighted by molar-refractivity contribution is -0.141. The van der Waals surface area contributed by atoms with Gasteiger partial charge in [-0.3, -0.25) is 14.3 Å². The van der Waals surface area contributed by atoms with Crippen LogP contribution in [0.2, 0.25) is 0 Å². The number of ether oxygens (including phenoxy) is 1. The van der Waals surface area contributed by atoms with Crippen molar-refractivity contribution in [2.75, 3.05) is 23.8 Å². The summed E-state index contributed by atoms with van der Waals surface area (Å²) in [6.45, 7) is 0.0854. The molecule has 3 aromatic rings. The van der Waals surface area contributed by atoms with E-state index in [9.17, 15) is 22.8 Å². The molecule has 0 spiro atoms. The molecule has 3 N–H and O–H groups in total. The van der Waals surface area contributed by atoms with Gasteiger partial charge >= 0.3 is 12.1 Å². The van der Waals surface area contributed by atoms with Crippen LogP contribution in [0.25, 0.3) is 11.1 Å². The molecule has 0 radical (unpaired) electrons. The van der Waals surface area contributed by atoms with Crippen molar-refractivity contribution >= 4 is 23.4 Å². The number of fused-ring (bicyclic) bond motifs is 1. The number of carboxylic acids is 1. The quantitative estimate of drug-likeness (QED) is 0.590. The second kappa shape index (κ2) is 8.41. The third-order valence-electron chi connectivity index (χ3n) is 4.93. The van der Waals surface area contributed by atoms with Crippen molar-refractivity contribution in [3.05, 3.63) is 48.0 Å². The van der Waals surface area contributed by atoms with Gasteiger partial charge in [-0.15, -0.1) is 0 Å². The van der Waals surface area contributed by atoms with Crippen molar-refractivity contribution in [2.24, 2.45) is 0 Å². The number of anilines is 2. The minimum Gasteiger partial charge on any atom is -0.481 e. The van der Waals surface area contributed by atoms with Crippen LogP contribution in [-0.4, -0.2) is 49.9 Å². The zero-order chi connectivity index (χ0) is 23.8. The smallest absolute Gasteiger partial charge is 0.435 e. The lowest BCUT2D eigenvalue weighted by Crippen LogP contribution is -2.32. The summed E-state index contributed by atoms with van der Waals surface area (Å²) in [6, 6.07) is 5.84. The molecule has 3 heterocycles. The maximum absolute atomic E-state index is 13.5. The van der Waals surface area contributed by atoms with Gasteiger partial charge in [0.25, 0.3) is 5.91 Å². The van der Waals surface area contributed by atoms with E-state index < -0.39 is 23.7 Å². The number of halogens is 3. The number of aliphatic carboxylic acids is 1. The van der Waals surface area contributed by atoms with E-state index in [1.54, 1.807) is 0 Å². The highest BCUT2D eigenvalue weighted by molar-refractivity contribution is 6.10. The molecule has 2 aromatic heterocycles. The average Bonchev–Trinajstić information content (AvgIpc) is 3.13. The van der Waals surface area contributed by atoms with E-state index in [1.807, 2.05) is 0 Å². The summed E-state index contributed by atoms with van der Waals surface area (Å²) < 4.78 is 46.9. The number of amides is 1. The summed E-state index contributed by atoms with van der Waals surface area (Å²) in [5.41, 5.74) is 5.11. The Morgan fingerprint density at radius 1 is 1.21 bits per heavy atom. The van der Waals surface area contributed by atoms with Crippen LogP contribution in [-0.2, 0) is 17.5 Å². The summed E-state index contributed by atoms with van der Waals surface area (Å²) in [7, 11) is 0. The van der Waals surface area contributed by atoms with E-state index in [0.29, 0.717) is 5.69 Å². The number of rotatable bonds is 5. The van der Waals surface area contributed by atoms with Gasteiger partial charge in [-0.1, -0.05) is 12.1 Å². The molecule has 0 saturated carbocycles. The fourth-order valence-electron chi connectivity index (χ4n) is 3.40. The number of aryl methyl sites for hydroxylation is 1. The summed E-state index contributed by atoms with van der Waals surface area (Å²) >= 11 is 0. The summed E-state index contributed by atoms with van der Waals surface area (Å²) in [4.78, 5) is 32.9. The molecule has 0 bridgehead atoms. The Morgan fingerprint density at radius 2 is 1.94 bits per heavy atom. The topological polar surface area (TPSA) is 136 Å². The number of nitrogens with two attached hydrogens (primary N) is 1. The molecule has 10 nitrogen and oxygen atoms in total. The lowest BCUT2D eigenvalue weighted by Gasteiger charge is -2.20. The molecule has 33 heavy (non-hydrogen) atoms. The predicted molar refractivity (Wildman–Crippen MR) is 109 cm³/mol. The van der Waals surface area contributed by atoms with E-state index in [0.717, 1.165) is 10.9 Å². The molecule has 0 aliphatic carbocycles. The number of carboxylic acid groups (broad SMARTS) is 1. The van der Waals surface area contributed by atoms with E-state index in [2.05, 4.69) is 15.1 Å². The van der Waals surface area contributed by atoms with Crippen molar-refractivity contribution in [3.63, 3.8) is 0 Å². The normalized spacial score (nSPS) is 13.9. The predicted octanol–water partition coefficient (Wildman–Crippen LogP) is 2.46. The van der Waals surface area contributed by atoms with Gasteiger partial charge in [-0.25, -0.2) is 9.97 Å². The largest absolute Gasteiger partial charge is 0.481 e. The van der Waals surface area contributed by atoms with Crippen molar-refractivity contribution in [1.82, 2.24) is 19.7 Å². The van der Waals surface area contributed by atoms with Gasteiger partial charge in [0.1, 0.15) is 24.3 Å². The van der Waals surface area contributed by atoms with Crippen LogP contribution in [0.1, 0.15) is 22.5 Å². The fraction of sp³-hybridized carbons (Fsp3) is 0.250. The van der Waals surface area contributed by atoms with Gasteiger partial charge in [0.15, 0.2) is 5.69 Å². The number of carbonyl (C=O) groups excluding carboxylic acids is 1. The Labute approximate surface area is 184 Å². The van der Waals surface area contributed by atoms with Gasteiger partial charge in [-0.2, -0.15) is 18.3 Å².